The van der Waals surface area contributed by atoms with Gasteiger partial charge in [-0.05, 0) is 202 Å². The van der Waals surface area contributed by atoms with Crippen molar-refractivity contribution >= 4 is 108 Å². The van der Waals surface area contributed by atoms with Gasteiger partial charge in [-0.15, -0.1) is 11.3 Å². The predicted molar refractivity (Wildman–Crippen MR) is 626 cm³/mol. The fourth-order valence-electron chi connectivity index (χ4n) is 24.1. The summed E-state index contributed by atoms with van der Waals surface area (Å²) in [6.07, 6.45) is 0. The average molecular weight is 1940 g/mol. The fraction of sp³-hybridized carbons (Fsp3) is 0.0638. The molecular formula is C141H97N7OS. The van der Waals surface area contributed by atoms with Crippen molar-refractivity contribution in [1.29, 1.82) is 0 Å². The molecule has 0 amide bonds. The van der Waals surface area contributed by atoms with Gasteiger partial charge in [-0.3, -0.25) is 4.57 Å². The second kappa shape index (κ2) is 35.4. The molecular weight excluding hydrogens is 1840 g/mol. The summed E-state index contributed by atoms with van der Waals surface area (Å²) in [7, 11) is 0. The molecule has 150 heavy (non-hydrogen) atoms. The summed E-state index contributed by atoms with van der Waals surface area (Å²) >= 11 is 1.84. The third-order valence-corrected chi connectivity index (χ3v) is 32.7. The first-order chi connectivity index (χ1) is 73.6. The maximum Gasteiger partial charge on any atom is 0.162 e. The smallest absolute Gasteiger partial charge is 0.162 e. The minimum Gasteiger partial charge on any atom is -0.455 e. The van der Waals surface area contributed by atoms with Gasteiger partial charge < -0.3 is 4.42 Å². The van der Waals surface area contributed by atoms with E-state index in [1.165, 1.54) is 137 Å². The molecule has 0 bridgehead atoms. The van der Waals surface area contributed by atoms with Gasteiger partial charge in [-0.1, -0.05) is 436 Å². The Kier molecular flexibility index (Phi) is 21.0. The van der Waals surface area contributed by atoms with Crippen molar-refractivity contribution in [2.75, 3.05) is 0 Å². The Morgan fingerprint density at radius 1 is 0.200 bits per heavy atom. The van der Waals surface area contributed by atoms with Crippen LogP contribution in [-0.2, 0) is 16.2 Å². The van der Waals surface area contributed by atoms with E-state index in [1.54, 1.807) is 0 Å². The number of hydrogen-bond acceptors (Lipinski definition) is 8. The number of para-hydroxylation sites is 4. The van der Waals surface area contributed by atoms with Gasteiger partial charge in [0.25, 0.3) is 0 Å². The number of hydrogen-bond donors (Lipinski definition) is 0. The molecule has 0 N–H and O–H groups in total. The van der Waals surface area contributed by atoms with Gasteiger partial charge in [0, 0.05) is 119 Å². The van der Waals surface area contributed by atoms with Crippen LogP contribution in [0.3, 0.4) is 0 Å². The molecule has 8 nitrogen and oxygen atoms in total. The molecule has 708 valence electrons. The van der Waals surface area contributed by atoms with E-state index in [-0.39, 0.29) is 16.2 Å². The quantitative estimate of drug-likeness (QED) is 0.120. The molecule has 0 radical (unpaired) electrons. The van der Waals surface area contributed by atoms with Crippen LogP contribution in [0.1, 0.15) is 74.9 Å². The average Bonchev–Trinajstić information content (AvgIpc) is 1.55. The highest BCUT2D eigenvalue weighted by Gasteiger charge is 2.41. The van der Waals surface area contributed by atoms with Gasteiger partial charge in [0.1, 0.15) is 17.0 Å². The van der Waals surface area contributed by atoms with Crippen molar-refractivity contribution in [1.82, 2.24) is 34.5 Å². The molecule has 0 aliphatic heterocycles. The van der Waals surface area contributed by atoms with E-state index in [0.29, 0.717) is 11.6 Å². The zero-order valence-corrected chi connectivity index (χ0v) is 84.4. The Hall–Kier alpha value is -18.5. The van der Waals surface area contributed by atoms with E-state index in [4.69, 9.17) is 34.3 Å². The summed E-state index contributed by atoms with van der Waals surface area (Å²) in [6, 6.07) is 171. The minimum atomic E-state index is -0.145. The molecule has 0 fully saturated rings. The van der Waals surface area contributed by atoms with E-state index in [1.807, 2.05) is 23.5 Å². The standard InChI is InChI=1S/C47H33N3.C47H32N2O.C47H32N2S/c1-47(2)39-23-9-6-22-37(39)43-40(47)27-26-38-44(43)48-45(49-46(38)50-41-24-10-7-20-35(41)36-21-8-11-25-42(36)50)34-19-13-18-33(29-34)32-17-12-16-31(28-32)30-14-4-3-5-15-30;1-47(2)39-23-8-6-20-36(39)42-40(47)26-25-37-43(38-22-12-21-35-34-19-7-9-24-41(34)50-45(35)38)48-46(49-44(37)42)33-18-11-17-32(28-33)31-16-10-15-30(27-31)29-13-4-3-5-14-29;1-47(2)39-20-8-6-19-36(39)43-40(47)24-23-37-44(33-22-25-42-38(28-33)35-18-7-9-21-41(35)50-42)48-46(49-45(37)43)34-17-11-16-32(27-34)31-15-10-14-30(26-31)29-12-4-3-5-13-29/h3-29H,1-2H3;2*3-28H,1-2H3. The van der Waals surface area contributed by atoms with Gasteiger partial charge in [0.15, 0.2) is 17.5 Å². The molecule has 30 rings (SSSR count). The lowest BCUT2D eigenvalue weighted by molar-refractivity contribution is 0.660. The Balaban J connectivity index is 0.000000108. The summed E-state index contributed by atoms with van der Waals surface area (Å²) in [5.74, 6) is 3.03. The monoisotopic (exact) mass is 1940 g/mol. The van der Waals surface area contributed by atoms with Crippen molar-refractivity contribution in [3.8, 4) is 163 Å². The number of thiophene rings is 1. The van der Waals surface area contributed by atoms with E-state index >= 15 is 0 Å². The van der Waals surface area contributed by atoms with Crippen LogP contribution in [0.15, 0.2) is 484 Å². The van der Waals surface area contributed by atoms with Gasteiger partial charge in [-0.2, -0.15) is 0 Å². The van der Waals surface area contributed by atoms with Gasteiger partial charge in [0.2, 0.25) is 0 Å². The van der Waals surface area contributed by atoms with Crippen LogP contribution in [0.2, 0.25) is 0 Å². The number of furan rings is 1. The van der Waals surface area contributed by atoms with Gasteiger partial charge in [0.05, 0.1) is 39.0 Å². The molecule has 0 unspecified atom stereocenters. The lowest BCUT2D eigenvalue weighted by Crippen LogP contribution is -2.15. The van der Waals surface area contributed by atoms with Crippen molar-refractivity contribution < 1.29 is 4.42 Å². The summed E-state index contributed by atoms with van der Waals surface area (Å²) in [5, 5.41) is 10.3. The zero-order chi connectivity index (χ0) is 100. The topological polar surface area (TPSA) is 95.4 Å². The molecule has 6 aromatic heterocycles. The summed E-state index contributed by atoms with van der Waals surface area (Å²) in [5.41, 5.74) is 42.7. The Bertz CT molecular complexity index is 10100. The third kappa shape index (κ3) is 14.8. The van der Waals surface area contributed by atoms with Crippen LogP contribution in [0.25, 0.3) is 259 Å². The van der Waals surface area contributed by atoms with E-state index in [2.05, 4.69) is 513 Å². The lowest BCUT2D eigenvalue weighted by Gasteiger charge is -2.21. The summed E-state index contributed by atoms with van der Waals surface area (Å²) in [6.45, 7) is 13.9. The van der Waals surface area contributed by atoms with Crippen LogP contribution in [-0.4, -0.2) is 34.5 Å². The van der Waals surface area contributed by atoms with E-state index in [0.717, 1.165) is 144 Å². The summed E-state index contributed by atoms with van der Waals surface area (Å²) in [4.78, 5) is 32.7. The number of benzene rings is 21. The van der Waals surface area contributed by atoms with Gasteiger partial charge in [-0.25, -0.2) is 29.9 Å². The number of aromatic nitrogens is 7. The van der Waals surface area contributed by atoms with Crippen LogP contribution in [0, 0.1) is 0 Å². The molecule has 0 saturated heterocycles. The Morgan fingerprint density at radius 2 is 0.520 bits per heavy atom. The molecule has 0 saturated carbocycles. The first-order valence-corrected chi connectivity index (χ1v) is 52.4. The lowest BCUT2D eigenvalue weighted by atomic mass is 9.82. The highest BCUT2D eigenvalue weighted by Crippen LogP contribution is 2.57. The van der Waals surface area contributed by atoms with Crippen molar-refractivity contribution in [3.63, 3.8) is 0 Å². The zero-order valence-electron chi connectivity index (χ0n) is 83.6. The first-order valence-electron chi connectivity index (χ1n) is 51.6. The fourth-order valence-corrected chi connectivity index (χ4v) is 25.2. The molecule has 3 aliphatic rings. The normalized spacial score (nSPS) is 13.2. The van der Waals surface area contributed by atoms with Crippen molar-refractivity contribution in [2.24, 2.45) is 0 Å². The molecule has 9 heteroatoms. The predicted octanol–water partition coefficient (Wildman–Crippen LogP) is 37.5. The second-order valence-corrected chi connectivity index (χ2v) is 42.5. The van der Waals surface area contributed by atoms with E-state index in [9.17, 15) is 0 Å². The van der Waals surface area contributed by atoms with Crippen LogP contribution < -0.4 is 0 Å². The molecule has 0 spiro atoms. The number of fused-ring (bicyclic) bond motifs is 24. The van der Waals surface area contributed by atoms with Gasteiger partial charge >= 0.3 is 0 Å². The number of nitrogens with zero attached hydrogens (tertiary/aromatic N) is 7. The molecule has 0 atom stereocenters. The third-order valence-electron chi connectivity index (χ3n) is 31.6. The SMILES string of the molecule is CC1(C)c2ccccc2-c2c1ccc1c(-c3ccc4sc5ccccc5c4c3)nc(-c3cccc(-c4cccc(-c5ccccc5)c4)c3)nc21.CC1(C)c2ccccc2-c2c1ccc1c(-c3cccc4c3oc3ccccc34)nc(-c3cccc(-c4cccc(-c5ccccc5)c4)c3)nc21.CC1(C)c2ccccc2-c2c1ccc1c(-n3c4ccccc4c4ccccc43)nc(-c3cccc(-c4cccc(-c5ccccc5)c4)c3)nc21. The summed E-state index contributed by atoms with van der Waals surface area (Å²) < 4.78 is 11.5. The molecule has 27 aromatic rings. The van der Waals surface area contributed by atoms with Crippen LogP contribution in [0.4, 0.5) is 0 Å². The molecule has 21 aromatic carbocycles. The first kappa shape index (κ1) is 89.1. The Morgan fingerprint density at radius 3 is 0.980 bits per heavy atom. The second-order valence-electron chi connectivity index (χ2n) is 41.4. The molecule has 3 aliphatic carbocycles. The molecule has 6 heterocycles. The van der Waals surface area contributed by atoms with E-state index < -0.39 is 0 Å². The maximum absolute atomic E-state index is 6.58. The highest BCUT2D eigenvalue weighted by atomic mass is 32.1. The Labute approximate surface area is 873 Å². The van der Waals surface area contributed by atoms with Crippen molar-refractivity contribution in [2.45, 2.75) is 57.8 Å². The van der Waals surface area contributed by atoms with Crippen LogP contribution in [0.5, 0.6) is 0 Å². The maximum atomic E-state index is 6.58. The van der Waals surface area contributed by atoms with Crippen molar-refractivity contribution in [3.05, 3.63) is 513 Å². The largest absolute Gasteiger partial charge is 0.455 e. The van der Waals surface area contributed by atoms with Crippen LogP contribution >= 0.6 is 11.3 Å². The highest BCUT2D eigenvalue weighted by molar-refractivity contribution is 7.25. The minimum absolute atomic E-state index is 0.121. The number of rotatable bonds is 12.